The number of rotatable bonds is 7. The van der Waals surface area contributed by atoms with Gasteiger partial charge >= 0.3 is 0 Å². The van der Waals surface area contributed by atoms with E-state index >= 15 is 0 Å². The van der Waals surface area contributed by atoms with E-state index in [2.05, 4.69) is 10.1 Å². The van der Waals surface area contributed by atoms with Crippen molar-refractivity contribution in [2.45, 2.75) is 19.4 Å². The van der Waals surface area contributed by atoms with Gasteiger partial charge in [0.15, 0.2) is 0 Å². The van der Waals surface area contributed by atoms with Crippen LogP contribution in [0, 0.1) is 17.0 Å². The Hall–Kier alpha value is -2.82. The number of benzene rings is 1. The van der Waals surface area contributed by atoms with Gasteiger partial charge in [-0.1, -0.05) is 0 Å². The Balaban J connectivity index is 2.51. The quantitative estimate of drug-likeness (QED) is 0.306. The Morgan fingerprint density at radius 3 is 2.23 bits per heavy atom. The van der Waals surface area contributed by atoms with Crippen molar-refractivity contribution in [3.63, 3.8) is 0 Å². The third-order valence-electron chi connectivity index (χ3n) is 4.04. The Bertz CT molecular complexity index is 869. The lowest BCUT2D eigenvalue weighted by Gasteiger charge is -2.23. The lowest BCUT2D eigenvalue weighted by atomic mass is 10.0. The molecule has 0 saturated carbocycles. The molecule has 0 amide bonds. The zero-order valence-corrected chi connectivity index (χ0v) is 14.3. The summed E-state index contributed by atoms with van der Waals surface area (Å²) < 4.78 is 1.21. The summed E-state index contributed by atoms with van der Waals surface area (Å²) in [5, 5.41) is 41.8. The summed E-state index contributed by atoms with van der Waals surface area (Å²) in [6.07, 6.45) is 0. The number of nitro benzene ring substituents is 1. The molecule has 0 saturated heterocycles. The Morgan fingerprint density at radius 1 is 1.23 bits per heavy atom. The number of nitro groups is 1. The monoisotopic (exact) mass is 364 g/mol. The summed E-state index contributed by atoms with van der Waals surface area (Å²) in [5.41, 5.74) is -0.678. The standard InChI is InChI=1S/C16H20N4O6/c1-10(17-16(7-21,8-22)9-23)14-11(2)18-19(15(14)24)12-3-5-13(6-4-12)20(25)26/h3-6,18,21-23H,7-9H2,1-2H3. The molecule has 0 aliphatic carbocycles. The number of hydrogen-bond donors (Lipinski definition) is 4. The molecular formula is C16H20N4O6. The predicted molar refractivity (Wildman–Crippen MR) is 94.0 cm³/mol. The highest BCUT2D eigenvalue weighted by Crippen LogP contribution is 2.16. The zero-order chi connectivity index (χ0) is 19.5. The number of H-pyrrole nitrogens is 1. The van der Waals surface area contributed by atoms with Crippen molar-refractivity contribution in [3.05, 3.63) is 56.0 Å². The van der Waals surface area contributed by atoms with Crippen molar-refractivity contribution < 1.29 is 20.2 Å². The third kappa shape index (κ3) is 3.57. The van der Waals surface area contributed by atoms with Gasteiger partial charge in [0.1, 0.15) is 5.54 Å². The number of aromatic amines is 1. The molecule has 0 atom stereocenters. The summed E-state index contributed by atoms with van der Waals surface area (Å²) >= 11 is 0. The van der Waals surface area contributed by atoms with Gasteiger partial charge in [-0.15, -0.1) is 0 Å². The number of hydrogen-bond acceptors (Lipinski definition) is 7. The van der Waals surface area contributed by atoms with Crippen molar-refractivity contribution in [1.82, 2.24) is 9.78 Å². The Morgan fingerprint density at radius 2 is 1.77 bits per heavy atom. The van der Waals surface area contributed by atoms with Crippen LogP contribution >= 0.6 is 0 Å². The van der Waals surface area contributed by atoms with Crippen LogP contribution in [0.3, 0.4) is 0 Å². The van der Waals surface area contributed by atoms with E-state index in [1.807, 2.05) is 0 Å². The van der Waals surface area contributed by atoms with Crippen molar-refractivity contribution in [1.29, 1.82) is 0 Å². The highest BCUT2D eigenvalue weighted by Gasteiger charge is 2.28. The van der Waals surface area contributed by atoms with E-state index in [9.17, 15) is 30.2 Å². The fourth-order valence-corrected chi connectivity index (χ4v) is 2.55. The van der Waals surface area contributed by atoms with Crippen LogP contribution < -0.4 is 5.56 Å². The molecule has 2 rings (SSSR count). The number of aromatic nitrogens is 2. The van der Waals surface area contributed by atoms with E-state index in [-0.39, 0.29) is 17.0 Å². The summed E-state index contributed by atoms with van der Waals surface area (Å²) in [6.45, 7) is 1.43. The lowest BCUT2D eigenvalue weighted by molar-refractivity contribution is -0.384. The number of non-ortho nitro benzene ring substituents is 1. The molecule has 26 heavy (non-hydrogen) atoms. The van der Waals surface area contributed by atoms with E-state index < -0.39 is 35.8 Å². The molecule has 0 aliphatic heterocycles. The molecule has 0 radical (unpaired) electrons. The Labute approximate surface area is 148 Å². The molecule has 1 aromatic carbocycles. The van der Waals surface area contributed by atoms with E-state index in [0.717, 1.165) is 0 Å². The van der Waals surface area contributed by atoms with Crippen LogP contribution in [0.25, 0.3) is 5.69 Å². The van der Waals surface area contributed by atoms with E-state index in [1.54, 1.807) is 6.92 Å². The minimum Gasteiger partial charge on any atom is -0.394 e. The number of aliphatic hydroxyl groups is 3. The first-order valence-corrected chi connectivity index (χ1v) is 7.74. The highest BCUT2D eigenvalue weighted by atomic mass is 16.6. The molecule has 2 aromatic rings. The smallest absolute Gasteiger partial charge is 0.280 e. The van der Waals surface area contributed by atoms with E-state index in [4.69, 9.17) is 0 Å². The maximum Gasteiger partial charge on any atom is 0.280 e. The van der Waals surface area contributed by atoms with Crippen LogP contribution in [0.5, 0.6) is 0 Å². The third-order valence-corrected chi connectivity index (χ3v) is 4.04. The predicted octanol–water partition coefficient (Wildman–Crippen LogP) is -0.0931. The molecule has 1 aromatic heterocycles. The van der Waals surface area contributed by atoms with Gasteiger partial charge in [0.2, 0.25) is 0 Å². The van der Waals surface area contributed by atoms with Crippen LogP contribution in [-0.4, -0.2) is 61.1 Å². The molecule has 10 heteroatoms. The maximum absolute atomic E-state index is 12.7. The van der Waals surface area contributed by atoms with E-state index in [0.29, 0.717) is 11.4 Å². The van der Waals surface area contributed by atoms with Gasteiger partial charge in [-0.2, -0.15) is 0 Å². The molecule has 140 valence electrons. The molecular weight excluding hydrogens is 344 g/mol. The van der Waals surface area contributed by atoms with Gasteiger partial charge in [0.05, 0.1) is 36.0 Å². The average molecular weight is 364 g/mol. The number of aliphatic hydroxyl groups excluding tert-OH is 3. The number of nitrogens with zero attached hydrogens (tertiary/aromatic N) is 3. The molecule has 10 nitrogen and oxygen atoms in total. The average Bonchev–Trinajstić information content (AvgIpc) is 2.94. The van der Waals surface area contributed by atoms with Crippen LogP contribution in [0.2, 0.25) is 0 Å². The number of nitrogens with one attached hydrogen (secondary N) is 1. The van der Waals surface area contributed by atoms with Crippen molar-refractivity contribution in [2.24, 2.45) is 4.99 Å². The van der Waals surface area contributed by atoms with Crippen LogP contribution in [0.15, 0.2) is 34.1 Å². The first-order valence-electron chi connectivity index (χ1n) is 7.74. The topological polar surface area (TPSA) is 154 Å². The second kappa shape index (κ2) is 7.60. The molecule has 0 bridgehead atoms. The van der Waals surface area contributed by atoms with Crippen molar-refractivity contribution in [3.8, 4) is 5.69 Å². The fourth-order valence-electron chi connectivity index (χ4n) is 2.55. The second-order valence-electron chi connectivity index (χ2n) is 5.92. The van der Waals surface area contributed by atoms with Crippen LogP contribution in [0.4, 0.5) is 5.69 Å². The first-order chi connectivity index (χ1) is 12.3. The van der Waals surface area contributed by atoms with Gasteiger partial charge in [-0.3, -0.25) is 25.0 Å². The van der Waals surface area contributed by atoms with Gasteiger partial charge in [0, 0.05) is 23.5 Å². The summed E-state index contributed by atoms with van der Waals surface area (Å²) in [4.78, 5) is 27.1. The Kier molecular flexibility index (Phi) is 5.70. The van der Waals surface area contributed by atoms with Gasteiger partial charge in [-0.25, -0.2) is 4.68 Å². The highest BCUT2D eigenvalue weighted by molar-refractivity contribution is 5.99. The van der Waals surface area contributed by atoms with Crippen LogP contribution in [0.1, 0.15) is 18.2 Å². The van der Waals surface area contributed by atoms with E-state index in [1.165, 1.54) is 35.9 Å². The normalized spacial score (nSPS) is 12.4. The minimum atomic E-state index is -1.49. The molecule has 1 heterocycles. The van der Waals surface area contributed by atoms with Gasteiger partial charge in [0.25, 0.3) is 11.2 Å². The summed E-state index contributed by atoms with van der Waals surface area (Å²) in [5.74, 6) is 0. The van der Waals surface area contributed by atoms with Crippen LogP contribution in [-0.2, 0) is 0 Å². The molecule has 0 fully saturated rings. The molecule has 0 aliphatic rings. The minimum absolute atomic E-state index is 0.0957. The van der Waals surface area contributed by atoms with Gasteiger partial charge in [-0.05, 0) is 26.0 Å². The second-order valence-corrected chi connectivity index (χ2v) is 5.92. The number of aliphatic imine (C=N–C) groups is 1. The fraction of sp³-hybridized carbons (Fsp3) is 0.375. The summed E-state index contributed by atoms with van der Waals surface area (Å²) in [6, 6.07) is 5.44. The largest absolute Gasteiger partial charge is 0.394 e. The molecule has 0 spiro atoms. The van der Waals surface area contributed by atoms with Crippen molar-refractivity contribution in [2.75, 3.05) is 19.8 Å². The molecule has 4 N–H and O–H groups in total. The summed E-state index contributed by atoms with van der Waals surface area (Å²) in [7, 11) is 0. The maximum atomic E-state index is 12.7. The SMILES string of the molecule is CC(=NC(CO)(CO)CO)c1c(C)[nH]n(-c2ccc([N+](=O)[O-])cc2)c1=O. The number of aryl methyl sites for hydroxylation is 1. The zero-order valence-electron chi connectivity index (χ0n) is 14.3. The molecule has 0 unspecified atom stereocenters. The van der Waals surface area contributed by atoms with Gasteiger partial charge < -0.3 is 15.3 Å². The van der Waals surface area contributed by atoms with Crippen molar-refractivity contribution >= 4 is 11.4 Å². The lowest BCUT2D eigenvalue weighted by Crippen LogP contribution is -2.41. The first kappa shape index (κ1) is 19.5.